The number of hydrogen-bond acceptors (Lipinski definition) is 10. The molecule has 0 aliphatic heterocycles. The van der Waals surface area contributed by atoms with Crippen molar-refractivity contribution in [2.24, 2.45) is 17.6 Å². The first-order valence-corrected chi connectivity index (χ1v) is 24.3. The number of aliphatic carboxylic acids is 3. The van der Waals surface area contributed by atoms with E-state index in [-0.39, 0.29) is 15.7 Å². The van der Waals surface area contributed by atoms with E-state index in [2.05, 4.69) is 0 Å². The summed E-state index contributed by atoms with van der Waals surface area (Å²) in [5.41, 5.74) is 12.3. The Labute approximate surface area is 401 Å². The number of thioether (sulfide) groups is 3. The van der Waals surface area contributed by atoms with Crippen molar-refractivity contribution in [3.63, 3.8) is 0 Å². The van der Waals surface area contributed by atoms with Gasteiger partial charge in [0.15, 0.2) is 0 Å². The molecule has 6 aromatic rings. The summed E-state index contributed by atoms with van der Waals surface area (Å²) in [6.45, 7) is 3.53. The SMILES string of the molecule is COc1ccc(CSC(c2ccccc2)C(C)C(=O)O)cc1.COc1ccc(CSC(c2ccccc2)[C@H](C)C(=O)O)cc1.COc1ccc(CSC(c2ccccc2)[C@H](N)C(=O)O)cc1. The van der Waals surface area contributed by atoms with Crippen LogP contribution in [0.5, 0.6) is 17.2 Å². The standard InChI is InChI=1S/2C18H20O3S.C17H19NO3S/c2*1-13(18(19)20)17(15-6-4-3-5-7-15)22-12-14-8-10-16(21-2)11-9-14;1-21-14-9-7-12(8-10-14)11-22-16(15(18)17(19)20)13-5-3-2-4-6-13/h2*3-11,13,17H,12H2,1-2H3,(H,19,20);2-10,15-16H,11,18H2,1H3,(H,19,20)/t13-,17?;;15-,16?/m0.0/s1. The van der Waals surface area contributed by atoms with Gasteiger partial charge < -0.3 is 35.3 Å². The van der Waals surface area contributed by atoms with E-state index in [9.17, 15) is 29.7 Å². The average Bonchev–Trinajstić information content (AvgIpc) is 3.35. The molecule has 0 aliphatic rings. The highest BCUT2D eigenvalue weighted by Crippen LogP contribution is 2.40. The maximum atomic E-state index is 11.4. The first kappa shape index (κ1) is 52.8. The van der Waals surface area contributed by atoms with Gasteiger partial charge in [0.05, 0.1) is 38.4 Å². The van der Waals surface area contributed by atoms with Gasteiger partial charge in [-0.15, -0.1) is 35.3 Å². The summed E-state index contributed by atoms with van der Waals surface area (Å²) in [7, 11) is 4.91. The predicted molar refractivity (Wildman–Crippen MR) is 270 cm³/mol. The van der Waals surface area contributed by atoms with Crippen LogP contribution in [0.25, 0.3) is 0 Å². The average molecular weight is 950 g/mol. The minimum atomic E-state index is -0.990. The number of carboxylic acids is 3. The largest absolute Gasteiger partial charge is 0.497 e. The molecule has 10 nitrogen and oxygen atoms in total. The Kier molecular flexibility index (Phi) is 22.6. The Morgan fingerprint density at radius 2 is 0.682 bits per heavy atom. The molecule has 0 spiro atoms. The van der Waals surface area contributed by atoms with Crippen molar-refractivity contribution < 1.29 is 43.9 Å². The molecule has 5 N–H and O–H groups in total. The van der Waals surface area contributed by atoms with Gasteiger partial charge in [-0.2, -0.15) is 0 Å². The molecule has 0 saturated heterocycles. The Morgan fingerprint density at radius 1 is 0.424 bits per heavy atom. The maximum Gasteiger partial charge on any atom is 0.321 e. The molecule has 6 aromatic carbocycles. The van der Waals surface area contributed by atoms with Gasteiger partial charge in [-0.3, -0.25) is 14.4 Å². The van der Waals surface area contributed by atoms with Crippen LogP contribution >= 0.6 is 35.3 Å². The lowest BCUT2D eigenvalue weighted by Crippen LogP contribution is -2.35. The van der Waals surface area contributed by atoms with Crippen molar-refractivity contribution >= 4 is 53.2 Å². The third-order valence-corrected chi connectivity index (χ3v) is 15.0. The lowest BCUT2D eigenvalue weighted by Gasteiger charge is -2.21. The Balaban J connectivity index is 0.000000216. The van der Waals surface area contributed by atoms with Crippen LogP contribution in [0.4, 0.5) is 0 Å². The number of methoxy groups -OCH3 is 3. The molecular weight excluding hydrogens is 891 g/mol. The fourth-order valence-electron chi connectivity index (χ4n) is 6.51. The Bertz CT molecular complexity index is 2060. The summed E-state index contributed by atoms with van der Waals surface area (Å²) < 4.78 is 15.4. The summed E-state index contributed by atoms with van der Waals surface area (Å²) >= 11 is 4.84. The van der Waals surface area contributed by atoms with E-state index in [1.165, 1.54) is 11.8 Å². The van der Waals surface area contributed by atoms with Crippen LogP contribution < -0.4 is 19.9 Å². The minimum Gasteiger partial charge on any atom is -0.497 e. The molecule has 0 aromatic heterocycles. The van der Waals surface area contributed by atoms with Gasteiger partial charge in [-0.1, -0.05) is 141 Å². The molecule has 0 saturated carbocycles. The zero-order valence-corrected chi connectivity index (χ0v) is 40.2. The number of nitrogens with two attached hydrogens (primary N) is 1. The van der Waals surface area contributed by atoms with E-state index in [4.69, 9.17) is 19.9 Å². The van der Waals surface area contributed by atoms with E-state index in [0.717, 1.165) is 62.1 Å². The molecule has 0 amide bonds. The Hall–Kier alpha value is -5.86. The van der Waals surface area contributed by atoms with Crippen molar-refractivity contribution in [2.75, 3.05) is 21.3 Å². The van der Waals surface area contributed by atoms with Crippen LogP contribution in [0.3, 0.4) is 0 Å². The van der Waals surface area contributed by atoms with E-state index >= 15 is 0 Å². The van der Waals surface area contributed by atoms with Gasteiger partial charge in [0.2, 0.25) is 0 Å². The lowest BCUT2D eigenvalue weighted by molar-refractivity contribution is -0.142. The van der Waals surface area contributed by atoms with Crippen LogP contribution in [-0.4, -0.2) is 60.6 Å². The van der Waals surface area contributed by atoms with Gasteiger partial charge in [0, 0.05) is 27.8 Å². The number of carbonyl (C=O) groups is 3. The predicted octanol–water partition coefficient (Wildman–Crippen LogP) is 11.9. The maximum absolute atomic E-state index is 11.4. The molecule has 0 bridgehead atoms. The molecule has 0 radical (unpaired) electrons. The van der Waals surface area contributed by atoms with E-state index in [0.29, 0.717) is 5.75 Å². The molecule has 4 unspecified atom stereocenters. The number of rotatable bonds is 21. The lowest BCUT2D eigenvalue weighted by atomic mass is 10.0. The summed E-state index contributed by atoms with van der Waals surface area (Å²) in [5, 5.41) is 27.5. The minimum absolute atomic E-state index is 0.0687. The van der Waals surface area contributed by atoms with Crippen molar-refractivity contribution in [2.45, 2.75) is 52.9 Å². The Morgan fingerprint density at radius 3 is 0.924 bits per heavy atom. The fraction of sp³-hybridized carbons (Fsp3) is 0.264. The molecule has 0 aliphatic carbocycles. The fourth-order valence-corrected chi connectivity index (χ4v) is 10.4. The van der Waals surface area contributed by atoms with Crippen LogP contribution in [0.2, 0.25) is 0 Å². The van der Waals surface area contributed by atoms with E-state index in [1.807, 2.05) is 164 Å². The summed E-state index contributed by atoms with van der Waals surface area (Å²) in [6, 6.07) is 51.7. The molecule has 6 rings (SSSR count). The van der Waals surface area contributed by atoms with Gasteiger partial charge in [-0.25, -0.2) is 0 Å². The molecule has 13 heteroatoms. The first-order chi connectivity index (χ1) is 31.8. The number of benzene rings is 6. The summed E-state index contributed by atoms with van der Waals surface area (Å²) in [6.07, 6.45) is 0. The van der Waals surface area contributed by atoms with E-state index < -0.39 is 35.8 Å². The quantitative estimate of drug-likeness (QED) is 0.0539. The molecule has 66 heavy (non-hydrogen) atoms. The second-order valence-corrected chi connectivity index (χ2v) is 18.5. The van der Waals surface area contributed by atoms with Crippen LogP contribution in [0.15, 0.2) is 164 Å². The van der Waals surface area contributed by atoms with Crippen LogP contribution in [0, 0.1) is 11.8 Å². The topological polar surface area (TPSA) is 166 Å². The number of hydrogen-bond donors (Lipinski definition) is 4. The van der Waals surface area contributed by atoms with E-state index in [1.54, 1.807) is 58.7 Å². The van der Waals surface area contributed by atoms with Gasteiger partial charge >= 0.3 is 17.9 Å². The summed E-state index contributed by atoms with van der Waals surface area (Å²) in [5.74, 6) is 1.27. The molecule has 6 atom stereocenters. The highest BCUT2D eigenvalue weighted by atomic mass is 32.2. The molecule has 0 heterocycles. The molecule has 348 valence electrons. The van der Waals surface area contributed by atoms with Crippen molar-refractivity contribution in [1.82, 2.24) is 0 Å². The van der Waals surface area contributed by atoms with Crippen molar-refractivity contribution in [3.05, 3.63) is 197 Å². The third kappa shape index (κ3) is 17.2. The second kappa shape index (κ2) is 28.2. The van der Waals surface area contributed by atoms with Crippen LogP contribution in [0.1, 0.15) is 63.0 Å². The zero-order chi connectivity index (χ0) is 47.8. The zero-order valence-electron chi connectivity index (χ0n) is 37.8. The van der Waals surface area contributed by atoms with Gasteiger partial charge in [0.1, 0.15) is 23.3 Å². The molecule has 0 fully saturated rings. The summed E-state index contributed by atoms with van der Waals surface area (Å²) in [4.78, 5) is 34.0. The van der Waals surface area contributed by atoms with Crippen LogP contribution in [-0.2, 0) is 31.6 Å². The highest BCUT2D eigenvalue weighted by molar-refractivity contribution is 7.99. The number of carboxylic acid groups (broad SMARTS) is 3. The second-order valence-electron chi connectivity index (χ2n) is 15.1. The van der Waals surface area contributed by atoms with Crippen molar-refractivity contribution in [3.8, 4) is 17.2 Å². The number of ether oxygens (including phenoxy) is 3. The normalized spacial score (nSPS) is 13.4. The highest BCUT2D eigenvalue weighted by Gasteiger charge is 2.28. The van der Waals surface area contributed by atoms with Gasteiger partial charge in [0.25, 0.3) is 0 Å². The molecular formula is C53H59NO9S3. The smallest absolute Gasteiger partial charge is 0.321 e. The van der Waals surface area contributed by atoms with Crippen molar-refractivity contribution in [1.29, 1.82) is 0 Å². The third-order valence-electron chi connectivity index (χ3n) is 10.4. The van der Waals surface area contributed by atoms with Gasteiger partial charge in [-0.05, 0) is 69.8 Å². The monoisotopic (exact) mass is 949 g/mol. The first-order valence-electron chi connectivity index (χ1n) is 21.2.